The van der Waals surface area contributed by atoms with Gasteiger partial charge in [-0.3, -0.25) is 4.79 Å². The summed E-state index contributed by atoms with van der Waals surface area (Å²) in [5.41, 5.74) is 10.5. The van der Waals surface area contributed by atoms with Crippen molar-refractivity contribution >= 4 is 23.2 Å². The zero-order valence-corrected chi connectivity index (χ0v) is 16.6. The Kier molecular flexibility index (Phi) is 6.43. The third-order valence-electron chi connectivity index (χ3n) is 4.59. The van der Waals surface area contributed by atoms with Crippen LogP contribution in [-0.2, 0) is 13.1 Å². The number of aryl methyl sites for hydroxylation is 1. The van der Waals surface area contributed by atoms with Gasteiger partial charge in [0, 0.05) is 29.7 Å². The van der Waals surface area contributed by atoms with Crippen LogP contribution in [0.25, 0.3) is 21.9 Å². The summed E-state index contributed by atoms with van der Waals surface area (Å²) in [6.45, 7) is 7.08. The highest BCUT2D eigenvalue weighted by Crippen LogP contribution is 2.31. The van der Waals surface area contributed by atoms with Crippen molar-refractivity contribution in [3.63, 3.8) is 0 Å². The molecule has 3 aromatic rings. The van der Waals surface area contributed by atoms with Crippen molar-refractivity contribution in [3.8, 4) is 17.2 Å². The van der Waals surface area contributed by atoms with Crippen molar-refractivity contribution in [2.45, 2.75) is 33.9 Å². The van der Waals surface area contributed by atoms with Crippen LogP contribution in [0.3, 0.4) is 0 Å². The number of fused-ring (bicyclic) bond motifs is 1. The van der Waals surface area contributed by atoms with Gasteiger partial charge in [0.25, 0.3) is 5.56 Å². The Hall–Kier alpha value is -2.61. The van der Waals surface area contributed by atoms with Crippen molar-refractivity contribution in [2.24, 2.45) is 11.7 Å². The van der Waals surface area contributed by atoms with Gasteiger partial charge in [-0.15, -0.1) is 12.4 Å². The number of pyridine rings is 1. The molecular formula is C22H24ClN3O. The van der Waals surface area contributed by atoms with Gasteiger partial charge in [-0.25, -0.2) is 0 Å². The van der Waals surface area contributed by atoms with Gasteiger partial charge in [-0.05, 0) is 42.0 Å². The number of halogens is 1. The maximum atomic E-state index is 13.1. The van der Waals surface area contributed by atoms with Crippen molar-refractivity contribution in [1.82, 2.24) is 4.57 Å². The van der Waals surface area contributed by atoms with Crippen molar-refractivity contribution in [2.75, 3.05) is 0 Å². The quantitative estimate of drug-likeness (QED) is 0.728. The minimum Gasteiger partial charge on any atom is -0.325 e. The largest absolute Gasteiger partial charge is 0.325 e. The van der Waals surface area contributed by atoms with Crippen LogP contribution < -0.4 is 11.3 Å². The van der Waals surface area contributed by atoms with E-state index in [-0.39, 0.29) is 24.5 Å². The number of hydrogen-bond donors (Lipinski definition) is 1. The van der Waals surface area contributed by atoms with E-state index >= 15 is 0 Å². The van der Waals surface area contributed by atoms with E-state index in [0.29, 0.717) is 23.4 Å². The molecule has 1 heterocycles. The highest BCUT2D eigenvalue weighted by atomic mass is 35.5. The molecule has 5 heteroatoms. The zero-order chi connectivity index (χ0) is 18.8. The molecule has 0 unspecified atom stereocenters. The van der Waals surface area contributed by atoms with E-state index in [2.05, 4.69) is 19.9 Å². The molecule has 0 radical (unpaired) electrons. The molecule has 140 valence electrons. The molecule has 0 bridgehead atoms. The van der Waals surface area contributed by atoms with Crippen LogP contribution in [0.15, 0.2) is 47.3 Å². The second kappa shape index (κ2) is 8.39. The summed E-state index contributed by atoms with van der Waals surface area (Å²) in [5.74, 6) is 0.319. The van der Waals surface area contributed by atoms with Crippen LogP contribution >= 0.6 is 12.4 Å². The van der Waals surface area contributed by atoms with Crippen LogP contribution in [0.5, 0.6) is 0 Å². The molecule has 0 aliphatic heterocycles. The second-order valence-electron chi connectivity index (χ2n) is 7.07. The summed E-state index contributed by atoms with van der Waals surface area (Å²) >= 11 is 0. The maximum absolute atomic E-state index is 13.1. The van der Waals surface area contributed by atoms with Gasteiger partial charge in [-0.2, -0.15) is 5.26 Å². The fourth-order valence-electron chi connectivity index (χ4n) is 3.38. The summed E-state index contributed by atoms with van der Waals surface area (Å²) in [5, 5.41) is 10.7. The molecule has 0 fully saturated rings. The first-order valence-corrected chi connectivity index (χ1v) is 8.83. The van der Waals surface area contributed by atoms with E-state index in [1.165, 1.54) is 5.56 Å². The number of nitrogens with two attached hydrogens (primary N) is 1. The van der Waals surface area contributed by atoms with Crippen molar-refractivity contribution in [3.05, 3.63) is 69.6 Å². The molecule has 0 atom stereocenters. The lowest BCUT2D eigenvalue weighted by Crippen LogP contribution is -2.28. The Morgan fingerprint density at radius 3 is 2.33 bits per heavy atom. The lowest BCUT2D eigenvalue weighted by molar-refractivity contribution is 0.499. The predicted molar refractivity (Wildman–Crippen MR) is 113 cm³/mol. The minimum absolute atomic E-state index is 0. The molecule has 3 rings (SSSR count). The number of aromatic nitrogens is 1. The smallest absolute Gasteiger partial charge is 0.258 e. The van der Waals surface area contributed by atoms with E-state index in [1.54, 1.807) is 22.8 Å². The lowest BCUT2D eigenvalue weighted by atomic mass is 9.94. The van der Waals surface area contributed by atoms with E-state index in [9.17, 15) is 10.1 Å². The summed E-state index contributed by atoms with van der Waals surface area (Å²) < 4.78 is 1.80. The average molecular weight is 382 g/mol. The molecule has 0 saturated carbocycles. The topological polar surface area (TPSA) is 71.8 Å². The number of nitrogens with zero attached hydrogens (tertiary/aromatic N) is 2. The van der Waals surface area contributed by atoms with E-state index < -0.39 is 0 Å². The minimum atomic E-state index is -0.0468. The van der Waals surface area contributed by atoms with Crippen LogP contribution in [0.2, 0.25) is 0 Å². The third kappa shape index (κ3) is 3.90. The van der Waals surface area contributed by atoms with Crippen LogP contribution in [0.1, 0.15) is 30.7 Å². The Balaban J connectivity index is 0.00000261. The summed E-state index contributed by atoms with van der Waals surface area (Å²) in [7, 11) is 0. The van der Waals surface area contributed by atoms with Crippen LogP contribution in [-0.4, -0.2) is 4.57 Å². The first-order chi connectivity index (χ1) is 12.5. The maximum Gasteiger partial charge on any atom is 0.258 e. The van der Waals surface area contributed by atoms with Crippen LogP contribution in [0.4, 0.5) is 0 Å². The molecule has 2 aromatic carbocycles. The van der Waals surface area contributed by atoms with Gasteiger partial charge in [0.2, 0.25) is 0 Å². The van der Waals surface area contributed by atoms with Crippen molar-refractivity contribution < 1.29 is 0 Å². The molecule has 1 aromatic heterocycles. The molecule has 0 spiro atoms. The van der Waals surface area contributed by atoms with E-state index in [0.717, 1.165) is 22.2 Å². The van der Waals surface area contributed by atoms with Gasteiger partial charge in [-0.1, -0.05) is 43.7 Å². The van der Waals surface area contributed by atoms with Gasteiger partial charge in [0.15, 0.2) is 0 Å². The molecule has 4 nitrogen and oxygen atoms in total. The highest BCUT2D eigenvalue weighted by molar-refractivity contribution is 5.98. The SMILES string of the molecule is Cc1ccc(-c2c(CN)n(CC(C)C)c(=O)c3ccc(C#N)cc23)cc1.Cl. The second-order valence-corrected chi connectivity index (χ2v) is 7.07. The first kappa shape index (κ1) is 20.7. The van der Waals surface area contributed by atoms with E-state index in [1.807, 2.05) is 31.2 Å². The molecule has 0 aliphatic rings. The fraction of sp³-hybridized carbons (Fsp3) is 0.273. The Bertz CT molecular complexity index is 1060. The number of rotatable bonds is 4. The molecule has 0 amide bonds. The number of nitriles is 1. The average Bonchev–Trinajstić information content (AvgIpc) is 2.64. The fourth-order valence-corrected chi connectivity index (χ4v) is 3.38. The molecule has 0 aliphatic carbocycles. The first-order valence-electron chi connectivity index (χ1n) is 8.83. The summed E-state index contributed by atoms with van der Waals surface area (Å²) in [4.78, 5) is 13.1. The highest BCUT2D eigenvalue weighted by Gasteiger charge is 2.18. The van der Waals surface area contributed by atoms with Gasteiger partial charge in [0.1, 0.15) is 0 Å². The summed E-state index contributed by atoms with van der Waals surface area (Å²) in [6, 6.07) is 15.6. The van der Waals surface area contributed by atoms with Crippen molar-refractivity contribution in [1.29, 1.82) is 5.26 Å². The molecule has 0 saturated heterocycles. The lowest BCUT2D eigenvalue weighted by Gasteiger charge is -2.20. The normalized spacial score (nSPS) is 10.7. The van der Waals surface area contributed by atoms with Gasteiger partial charge >= 0.3 is 0 Å². The number of benzene rings is 2. The molecule has 2 N–H and O–H groups in total. The molecule has 27 heavy (non-hydrogen) atoms. The van der Waals surface area contributed by atoms with E-state index in [4.69, 9.17) is 5.73 Å². The summed E-state index contributed by atoms with van der Waals surface area (Å²) in [6.07, 6.45) is 0. The standard InChI is InChI=1S/C22H23N3O.ClH/c1-14(2)13-25-20(12-24)21(17-7-4-15(3)5-8-17)19-10-16(11-23)6-9-18(19)22(25)26;/h4-10,14H,12-13,24H2,1-3H3;1H. The Morgan fingerprint density at radius 1 is 1.11 bits per heavy atom. The predicted octanol–water partition coefficient (Wildman–Crippen LogP) is 4.39. The Labute approximate surface area is 165 Å². The Morgan fingerprint density at radius 2 is 1.78 bits per heavy atom. The van der Waals surface area contributed by atoms with Gasteiger partial charge < -0.3 is 10.3 Å². The molecular weight excluding hydrogens is 358 g/mol. The van der Waals surface area contributed by atoms with Gasteiger partial charge in [0.05, 0.1) is 11.6 Å². The zero-order valence-electron chi connectivity index (χ0n) is 15.8. The number of hydrogen-bond acceptors (Lipinski definition) is 3. The van der Waals surface area contributed by atoms with Crippen LogP contribution in [0, 0.1) is 24.2 Å². The third-order valence-corrected chi connectivity index (χ3v) is 4.59. The monoisotopic (exact) mass is 381 g/mol.